The number of nitrogens with two attached hydrogens (primary N) is 1. The maximum atomic E-state index is 12.0. The van der Waals surface area contributed by atoms with Crippen molar-refractivity contribution in [3.8, 4) is 5.75 Å². The molecule has 0 saturated carbocycles. The van der Waals surface area contributed by atoms with E-state index >= 15 is 0 Å². The molecule has 0 atom stereocenters. The Kier molecular flexibility index (Phi) is 5.04. The van der Waals surface area contributed by atoms with E-state index in [1.54, 1.807) is 24.3 Å². The Bertz CT molecular complexity index is 1220. The van der Waals surface area contributed by atoms with Gasteiger partial charge in [-0.2, -0.15) is 0 Å². The predicted molar refractivity (Wildman–Crippen MR) is 106 cm³/mol. The Labute approximate surface area is 159 Å². The Morgan fingerprint density at radius 2 is 1.85 bits per heavy atom. The molecule has 0 bridgehead atoms. The molecule has 0 aliphatic heterocycles. The van der Waals surface area contributed by atoms with Gasteiger partial charge in [-0.25, -0.2) is 23.3 Å². The number of thiocarbonyl (C=S) groups is 1. The molecule has 0 unspecified atom stereocenters. The highest BCUT2D eigenvalue weighted by Crippen LogP contribution is 2.24. The van der Waals surface area contributed by atoms with Gasteiger partial charge in [-0.05, 0) is 48.6 Å². The van der Waals surface area contributed by atoms with Crippen LogP contribution in [0.15, 0.2) is 67.6 Å². The normalized spacial score (nSPS) is 11.7. The lowest BCUT2D eigenvalue weighted by Gasteiger charge is -2.05. The van der Waals surface area contributed by atoms with Crippen LogP contribution in [0.2, 0.25) is 0 Å². The fraction of sp³-hybridized carbons (Fsp3) is 0. The summed E-state index contributed by atoms with van der Waals surface area (Å²) in [5.74, 6) is -0.258. The number of hydrogen-bond donors (Lipinski definition) is 3. The van der Waals surface area contributed by atoms with E-state index in [1.165, 1.54) is 24.3 Å². The van der Waals surface area contributed by atoms with Gasteiger partial charge in [0, 0.05) is 11.9 Å². The summed E-state index contributed by atoms with van der Waals surface area (Å²) in [6.07, 6.45) is 1.10. The van der Waals surface area contributed by atoms with Gasteiger partial charge in [0.05, 0.1) is 10.3 Å². The molecular weight excluding hydrogens is 390 g/mol. The Hall–Kier alpha value is -3.08. The van der Waals surface area contributed by atoms with Crippen molar-refractivity contribution in [2.75, 3.05) is 5.32 Å². The quantitative estimate of drug-likeness (QED) is 0.346. The number of primary sulfonamides is 1. The van der Waals surface area contributed by atoms with Crippen LogP contribution in [-0.4, -0.2) is 24.9 Å². The number of para-hydroxylation sites is 1. The van der Waals surface area contributed by atoms with E-state index in [0.717, 1.165) is 6.21 Å². The molecule has 138 valence electrons. The Morgan fingerprint density at radius 1 is 1.19 bits per heavy atom. The first kappa shape index (κ1) is 18.7. The molecule has 8 nitrogen and oxygen atoms in total. The third-order valence-electron chi connectivity index (χ3n) is 3.56. The third kappa shape index (κ3) is 4.19. The lowest BCUT2D eigenvalue weighted by atomic mass is 10.1. The van der Waals surface area contributed by atoms with Gasteiger partial charge in [-0.15, -0.1) is 0 Å². The molecule has 0 amide bonds. The second-order valence-electron chi connectivity index (χ2n) is 5.41. The number of nitrogens with zero attached hydrogens (tertiary/aromatic N) is 1. The van der Waals surface area contributed by atoms with Crippen LogP contribution >= 0.6 is 12.2 Å². The summed E-state index contributed by atoms with van der Waals surface area (Å²) in [7, 11) is -3.78. The zero-order chi connectivity index (χ0) is 19.6. The fourth-order valence-corrected chi connectivity index (χ4v) is 2.95. The van der Waals surface area contributed by atoms with Crippen LogP contribution in [0.4, 0.5) is 5.69 Å². The van der Waals surface area contributed by atoms with Gasteiger partial charge in [0.1, 0.15) is 16.9 Å². The van der Waals surface area contributed by atoms with Gasteiger partial charge in [0.15, 0.2) is 5.11 Å². The number of hydrogen-bond acceptors (Lipinski definition) is 6. The summed E-state index contributed by atoms with van der Waals surface area (Å²) in [6, 6.07) is 12.1. The second-order valence-corrected chi connectivity index (χ2v) is 7.35. The van der Waals surface area contributed by atoms with Gasteiger partial charge < -0.3 is 14.8 Å². The van der Waals surface area contributed by atoms with E-state index in [1.807, 2.05) is 0 Å². The highest BCUT2D eigenvalue weighted by molar-refractivity contribution is 7.89. The summed E-state index contributed by atoms with van der Waals surface area (Å²) >= 11 is 5.06. The van der Waals surface area contributed by atoms with Crippen LogP contribution < -0.4 is 16.1 Å². The minimum atomic E-state index is -3.78. The average Bonchev–Trinajstić information content (AvgIpc) is 2.61. The van der Waals surface area contributed by atoms with Crippen molar-refractivity contribution < 1.29 is 17.9 Å². The highest BCUT2D eigenvalue weighted by Gasteiger charge is 2.12. The molecule has 0 saturated heterocycles. The molecule has 0 aliphatic rings. The molecule has 3 rings (SSSR count). The van der Waals surface area contributed by atoms with Crippen molar-refractivity contribution in [2.45, 2.75) is 4.90 Å². The molecule has 1 heterocycles. The lowest BCUT2D eigenvalue weighted by molar-refractivity contribution is 0.466. The van der Waals surface area contributed by atoms with Crippen LogP contribution in [0, 0.1) is 0 Å². The number of rotatable bonds is 3. The summed E-state index contributed by atoms with van der Waals surface area (Å²) in [4.78, 5) is 15.9. The van der Waals surface area contributed by atoms with E-state index < -0.39 is 15.6 Å². The summed E-state index contributed by atoms with van der Waals surface area (Å²) in [5.41, 5.74) is -0.162. The number of sulfonamides is 1. The summed E-state index contributed by atoms with van der Waals surface area (Å²) in [5, 5.41) is 18.4. The first-order valence-corrected chi connectivity index (χ1v) is 9.44. The number of aromatic hydroxyl groups is 1. The van der Waals surface area contributed by atoms with Crippen LogP contribution in [0.1, 0.15) is 5.56 Å². The molecule has 0 radical (unpaired) electrons. The van der Waals surface area contributed by atoms with Crippen molar-refractivity contribution >= 4 is 50.2 Å². The first-order chi connectivity index (χ1) is 12.8. The van der Waals surface area contributed by atoms with Crippen molar-refractivity contribution in [1.29, 1.82) is 0 Å². The van der Waals surface area contributed by atoms with Gasteiger partial charge in [0.25, 0.3) is 0 Å². The van der Waals surface area contributed by atoms with Crippen LogP contribution in [-0.2, 0) is 10.0 Å². The topological polar surface area (TPSA) is 135 Å². The number of benzene rings is 2. The van der Waals surface area contributed by atoms with E-state index in [0.29, 0.717) is 11.1 Å². The van der Waals surface area contributed by atoms with Gasteiger partial charge in [-0.3, -0.25) is 0 Å². The largest absolute Gasteiger partial charge is 0.506 e. The molecule has 2 aromatic carbocycles. The maximum absolute atomic E-state index is 12.0. The van der Waals surface area contributed by atoms with E-state index in [-0.39, 0.29) is 26.9 Å². The molecule has 27 heavy (non-hydrogen) atoms. The van der Waals surface area contributed by atoms with E-state index in [9.17, 15) is 18.3 Å². The lowest BCUT2D eigenvalue weighted by Crippen LogP contribution is -2.13. The SMILES string of the molecule is NS(=O)(=O)c1ccc(NC(=S)N=Cc2c(O)c3ccccc3oc2=O)cc1. The zero-order valence-electron chi connectivity index (χ0n) is 13.6. The van der Waals surface area contributed by atoms with Gasteiger partial charge in [-0.1, -0.05) is 12.1 Å². The molecule has 3 aromatic rings. The molecule has 4 N–H and O–H groups in total. The molecule has 10 heteroatoms. The van der Waals surface area contributed by atoms with Crippen molar-refractivity contribution in [3.63, 3.8) is 0 Å². The summed E-state index contributed by atoms with van der Waals surface area (Å²) in [6.45, 7) is 0. The highest BCUT2D eigenvalue weighted by atomic mass is 32.2. The van der Waals surface area contributed by atoms with Gasteiger partial charge in [0.2, 0.25) is 10.0 Å². The van der Waals surface area contributed by atoms with E-state index in [4.69, 9.17) is 21.8 Å². The maximum Gasteiger partial charge on any atom is 0.348 e. The Morgan fingerprint density at radius 3 is 2.52 bits per heavy atom. The third-order valence-corrected chi connectivity index (χ3v) is 4.70. The molecule has 0 spiro atoms. The standard InChI is InChI=1S/C17H13N3O5S2/c18-27(23,24)11-7-5-10(6-8-11)20-17(26)19-9-13-15(21)12-3-1-2-4-14(12)25-16(13)22/h1-9,21H,(H,20,26)(H2,18,23,24). The van der Waals surface area contributed by atoms with Crippen molar-refractivity contribution in [1.82, 2.24) is 0 Å². The minimum Gasteiger partial charge on any atom is -0.506 e. The van der Waals surface area contributed by atoms with Crippen LogP contribution in [0.25, 0.3) is 11.0 Å². The summed E-state index contributed by atoms with van der Waals surface area (Å²) < 4.78 is 27.6. The fourth-order valence-electron chi connectivity index (χ4n) is 2.27. The smallest absolute Gasteiger partial charge is 0.348 e. The average molecular weight is 403 g/mol. The second kappa shape index (κ2) is 7.27. The van der Waals surface area contributed by atoms with Gasteiger partial charge >= 0.3 is 5.63 Å². The first-order valence-electron chi connectivity index (χ1n) is 7.48. The molecule has 1 aromatic heterocycles. The van der Waals surface area contributed by atoms with Crippen molar-refractivity contribution in [3.05, 3.63) is 64.5 Å². The number of fused-ring (bicyclic) bond motifs is 1. The number of nitrogens with one attached hydrogen (secondary N) is 1. The van der Waals surface area contributed by atoms with Crippen LogP contribution in [0.5, 0.6) is 5.75 Å². The monoisotopic (exact) mass is 403 g/mol. The number of aliphatic imine (C=N–C) groups is 1. The van der Waals surface area contributed by atoms with Crippen molar-refractivity contribution in [2.24, 2.45) is 10.1 Å². The van der Waals surface area contributed by atoms with E-state index in [2.05, 4.69) is 10.3 Å². The Balaban J connectivity index is 1.81. The zero-order valence-corrected chi connectivity index (χ0v) is 15.3. The molecule has 0 aliphatic carbocycles. The molecule has 0 fully saturated rings. The number of anilines is 1. The van der Waals surface area contributed by atoms with Crippen LogP contribution in [0.3, 0.4) is 0 Å². The predicted octanol–water partition coefficient (Wildman–Crippen LogP) is 1.96. The minimum absolute atomic E-state index is 0.00897. The molecular formula is C17H13N3O5S2.